The number of nitrogens with one attached hydrogen (secondary N) is 2. The molecule has 1 aliphatic rings. The highest BCUT2D eigenvalue weighted by Gasteiger charge is 2.22. The third-order valence-electron chi connectivity index (χ3n) is 7.05. The van der Waals surface area contributed by atoms with Gasteiger partial charge in [0.05, 0.1) is 18.9 Å². The molecule has 10 heteroatoms. The number of ether oxygens (including phenoxy) is 4. The summed E-state index contributed by atoms with van der Waals surface area (Å²) in [4.78, 5) is 29.5. The van der Waals surface area contributed by atoms with Crippen molar-refractivity contribution in [2.75, 3.05) is 13.9 Å². The first-order valence-corrected chi connectivity index (χ1v) is 13.9. The Bertz CT molecular complexity index is 1900. The third kappa shape index (κ3) is 5.50. The highest BCUT2D eigenvalue weighted by Crippen LogP contribution is 2.38. The summed E-state index contributed by atoms with van der Waals surface area (Å²) in [6.45, 7) is 2.17. The standard InChI is InChI=1S/C33H26ClN3O6/c1-3-20-7-6-9-23-29(22-8-4-5-10-24(22)34)31(36-30(20)23)32(38)37-35-17-19-11-13-26(27(15-19)40-2)43-33(39)21-12-14-25-28(16-21)42-18-41-25/h4-17,36H,3,18H2,1-2H3,(H,37,38). The number of fused-ring (bicyclic) bond motifs is 2. The lowest BCUT2D eigenvalue weighted by molar-refractivity contribution is 0.0729. The molecule has 216 valence electrons. The first-order chi connectivity index (χ1) is 21.0. The van der Waals surface area contributed by atoms with Crippen molar-refractivity contribution in [1.29, 1.82) is 0 Å². The summed E-state index contributed by atoms with van der Waals surface area (Å²) in [6, 6.07) is 23.1. The summed E-state index contributed by atoms with van der Waals surface area (Å²) in [7, 11) is 1.46. The van der Waals surface area contributed by atoms with Crippen LogP contribution in [0.5, 0.6) is 23.0 Å². The van der Waals surface area contributed by atoms with Crippen molar-refractivity contribution < 1.29 is 28.5 Å². The van der Waals surface area contributed by atoms with Gasteiger partial charge in [-0.2, -0.15) is 5.10 Å². The fourth-order valence-electron chi connectivity index (χ4n) is 4.94. The fraction of sp³-hybridized carbons (Fsp3) is 0.121. The van der Waals surface area contributed by atoms with E-state index in [0.717, 1.165) is 28.5 Å². The molecular formula is C33H26ClN3O6. The van der Waals surface area contributed by atoms with E-state index in [9.17, 15) is 9.59 Å². The van der Waals surface area contributed by atoms with Crippen LogP contribution in [0.1, 0.15) is 38.9 Å². The molecule has 1 aliphatic heterocycles. The van der Waals surface area contributed by atoms with E-state index < -0.39 is 11.9 Å². The van der Waals surface area contributed by atoms with Crippen molar-refractivity contribution in [3.05, 3.63) is 106 Å². The van der Waals surface area contributed by atoms with Gasteiger partial charge in [0.15, 0.2) is 23.0 Å². The monoisotopic (exact) mass is 595 g/mol. The Morgan fingerprint density at radius 3 is 2.65 bits per heavy atom. The summed E-state index contributed by atoms with van der Waals surface area (Å²) in [5.74, 6) is 0.580. The Kier molecular flexibility index (Phi) is 7.72. The molecule has 0 saturated heterocycles. The average molecular weight is 596 g/mol. The van der Waals surface area contributed by atoms with Crippen molar-refractivity contribution in [2.24, 2.45) is 5.10 Å². The molecule has 0 spiro atoms. The number of esters is 1. The normalized spacial score (nSPS) is 12.1. The van der Waals surface area contributed by atoms with Crippen molar-refractivity contribution in [3.63, 3.8) is 0 Å². The zero-order chi connectivity index (χ0) is 29.9. The number of carbonyl (C=O) groups excluding carboxylic acids is 2. The molecule has 0 unspecified atom stereocenters. The van der Waals surface area contributed by atoms with E-state index >= 15 is 0 Å². The van der Waals surface area contributed by atoms with Crippen molar-refractivity contribution in [2.45, 2.75) is 13.3 Å². The molecule has 5 aromatic rings. The van der Waals surface area contributed by atoms with Gasteiger partial charge in [-0.1, -0.05) is 54.9 Å². The summed E-state index contributed by atoms with van der Waals surface area (Å²) >= 11 is 6.55. The van der Waals surface area contributed by atoms with E-state index in [1.54, 1.807) is 42.5 Å². The van der Waals surface area contributed by atoms with Crippen molar-refractivity contribution in [1.82, 2.24) is 10.4 Å². The number of amides is 1. The molecule has 1 amide bonds. The quantitative estimate of drug-likeness (QED) is 0.0886. The summed E-state index contributed by atoms with van der Waals surface area (Å²) in [5.41, 5.74) is 7.29. The molecule has 9 nitrogen and oxygen atoms in total. The first-order valence-electron chi connectivity index (χ1n) is 13.5. The summed E-state index contributed by atoms with van der Waals surface area (Å²) in [5, 5.41) is 5.60. The van der Waals surface area contributed by atoms with Crippen LogP contribution < -0.4 is 24.4 Å². The largest absolute Gasteiger partial charge is 0.493 e. The average Bonchev–Trinajstić information content (AvgIpc) is 3.66. The van der Waals surface area contributed by atoms with Gasteiger partial charge < -0.3 is 23.9 Å². The van der Waals surface area contributed by atoms with E-state index in [4.69, 9.17) is 30.5 Å². The van der Waals surface area contributed by atoms with Gasteiger partial charge >= 0.3 is 5.97 Å². The van der Waals surface area contributed by atoms with Crippen LogP contribution in [-0.4, -0.2) is 37.0 Å². The van der Waals surface area contributed by atoms with Crippen LogP contribution in [0.15, 0.2) is 84.0 Å². The molecule has 2 heterocycles. The van der Waals surface area contributed by atoms with E-state index in [2.05, 4.69) is 22.4 Å². The number of methoxy groups -OCH3 is 1. The van der Waals surface area contributed by atoms with Crippen LogP contribution in [-0.2, 0) is 6.42 Å². The van der Waals surface area contributed by atoms with Crippen LogP contribution in [0.25, 0.3) is 22.0 Å². The Morgan fingerprint density at radius 2 is 1.84 bits per heavy atom. The SMILES string of the molecule is CCc1cccc2c(-c3ccccc3Cl)c(C(=O)NN=Cc3ccc(OC(=O)c4ccc5c(c4)OCO5)c(OC)c3)[nH]c12. The third-order valence-corrected chi connectivity index (χ3v) is 7.38. The summed E-state index contributed by atoms with van der Waals surface area (Å²) in [6.07, 6.45) is 2.27. The molecule has 2 N–H and O–H groups in total. The molecular weight excluding hydrogens is 570 g/mol. The van der Waals surface area contributed by atoms with Gasteiger partial charge in [-0.25, -0.2) is 10.2 Å². The fourth-order valence-corrected chi connectivity index (χ4v) is 5.17. The van der Waals surface area contributed by atoms with Gasteiger partial charge in [0, 0.05) is 27.1 Å². The lowest BCUT2D eigenvalue weighted by Crippen LogP contribution is -2.19. The number of para-hydroxylation sites is 1. The first kappa shape index (κ1) is 27.9. The lowest BCUT2D eigenvalue weighted by Gasteiger charge is -2.10. The Labute approximate surface area is 252 Å². The Balaban J connectivity index is 1.22. The van der Waals surface area contributed by atoms with Crippen molar-refractivity contribution >= 4 is 40.6 Å². The molecule has 0 saturated carbocycles. The minimum absolute atomic E-state index is 0.106. The van der Waals surface area contributed by atoms with Crippen LogP contribution in [0.4, 0.5) is 0 Å². The number of nitrogens with zero attached hydrogens (tertiary/aromatic N) is 1. The highest BCUT2D eigenvalue weighted by molar-refractivity contribution is 6.34. The number of hydrogen-bond donors (Lipinski definition) is 2. The molecule has 0 radical (unpaired) electrons. The van der Waals surface area contributed by atoms with Gasteiger partial charge in [-0.05, 0) is 60.0 Å². The number of carbonyl (C=O) groups is 2. The number of benzene rings is 4. The maximum absolute atomic E-state index is 13.4. The van der Waals surface area contributed by atoms with Crippen LogP contribution in [0, 0.1) is 0 Å². The number of hydrazone groups is 1. The number of aromatic amines is 1. The molecule has 0 aliphatic carbocycles. The van der Waals surface area contributed by atoms with E-state index in [0.29, 0.717) is 44.7 Å². The van der Waals surface area contributed by atoms with Crippen molar-refractivity contribution in [3.8, 4) is 34.1 Å². The van der Waals surface area contributed by atoms with Gasteiger partial charge in [0.1, 0.15) is 5.69 Å². The van der Waals surface area contributed by atoms with Crippen LogP contribution >= 0.6 is 11.6 Å². The highest BCUT2D eigenvalue weighted by atomic mass is 35.5. The number of halogens is 1. The molecule has 6 rings (SSSR count). The topological polar surface area (TPSA) is 111 Å². The van der Waals surface area contributed by atoms with E-state index in [-0.39, 0.29) is 12.5 Å². The molecule has 1 aromatic heterocycles. The number of hydrogen-bond acceptors (Lipinski definition) is 7. The second-order valence-corrected chi connectivity index (χ2v) is 10.0. The molecule has 0 atom stereocenters. The Hall–Kier alpha value is -5.28. The van der Waals surface area contributed by atoms with Gasteiger partial charge in [0.2, 0.25) is 6.79 Å². The van der Waals surface area contributed by atoms with E-state index in [1.807, 2.05) is 36.4 Å². The zero-order valence-electron chi connectivity index (χ0n) is 23.3. The van der Waals surface area contributed by atoms with Gasteiger partial charge in [-0.3, -0.25) is 4.79 Å². The molecule has 4 aromatic carbocycles. The van der Waals surface area contributed by atoms with Crippen LogP contribution in [0.2, 0.25) is 5.02 Å². The van der Waals surface area contributed by atoms with Gasteiger partial charge in [-0.15, -0.1) is 0 Å². The maximum atomic E-state index is 13.4. The lowest BCUT2D eigenvalue weighted by atomic mass is 9.99. The second kappa shape index (κ2) is 11.9. The zero-order valence-corrected chi connectivity index (χ0v) is 24.0. The maximum Gasteiger partial charge on any atom is 0.343 e. The van der Waals surface area contributed by atoms with Crippen LogP contribution in [0.3, 0.4) is 0 Å². The van der Waals surface area contributed by atoms with E-state index in [1.165, 1.54) is 13.3 Å². The predicted molar refractivity (Wildman–Crippen MR) is 164 cm³/mol. The number of rotatable bonds is 8. The number of H-pyrrole nitrogens is 1. The predicted octanol–water partition coefficient (Wildman–Crippen LogP) is 6.77. The molecule has 0 bridgehead atoms. The molecule has 43 heavy (non-hydrogen) atoms. The van der Waals surface area contributed by atoms with Gasteiger partial charge in [0.25, 0.3) is 5.91 Å². The smallest absolute Gasteiger partial charge is 0.343 e. The second-order valence-electron chi connectivity index (χ2n) is 9.62. The Morgan fingerprint density at radius 1 is 1.00 bits per heavy atom. The molecule has 0 fully saturated rings. The summed E-state index contributed by atoms with van der Waals surface area (Å²) < 4.78 is 21.6. The number of aromatic nitrogens is 1. The minimum Gasteiger partial charge on any atom is -0.493 e. The number of aryl methyl sites for hydroxylation is 1. The minimum atomic E-state index is -0.579.